The van der Waals surface area contributed by atoms with E-state index in [0.29, 0.717) is 22.1 Å². The second kappa shape index (κ2) is 6.40. The summed E-state index contributed by atoms with van der Waals surface area (Å²) in [5, 5.41) is 14.9. The lowest BCUT2D eigenvalue weighted by atomic mass is 10.2. The first kappa shape index (κ1) is 15.0. The molecule has 8 nitrogen and oxygen atoms in total. The van der Waals surface area contributed by atoms with Crippen LogP contribution in [0.2, 0.25) is 5.02 Å². The highest BCUT2D eigenvalue weighted by Crippen LogP contribution is 2.36. The maximum absolute atomic E-state index is 6.21. The summed E-state index contributed by atoms with van der Waals surface area (Å²) in [4.78, 5) is 1.10. The van der Waals surface area contributed by atoms with Crippen molar-refractivity contribution in [2.45, 2.75) is 20.0 Å². The molecule has 21 heavy (non-hydrogen) atoms. The minimum Gasteiger partial charge on any atom is -0.493 e. The van der Waals surface area contributed by atoms with Gasteiger partial charge in [0.05, 0.1) is 24.5 Å². The van der Waals surface area contributed by atoms with Gasteiger partial charge in [-0.15, -0.1) is 0 Å². The van der Waals surface area contributed by atoms with E-state index in [4.69, 9.17) is 26.8 Å². The van der Waals surface area contributed by atoms with Crippen molar-refractivity contribution in [3.63, 3.8) is 0 Å². The van der Waals surface area contributed by atoms with Crippen molar-refractivity contribution in [1.82, 2.24) is 20.3 Å². The molecule has 0 aliphatic rings. The van der Waals surface area contributed by atoms with Gasteiger partial charge in [-0.2, -0.15) is 5.10 Å². The predicted octanol–water partition coefficient (Wildman–Crippen LogP) is 1.59. The third-order valence-corrected chi connectivity index (χ3v) is 2.68. The number of anilines is 1. The second-order valence-corrected chi connectivity index (χ2v) is 4.78. The predicted molar refractivity (Wildman–Crippen MR) is 79.0 cm³/mol. The molecule has 0 spiro atoms. The lowest BCUT2D eigenvalue weighted by Gasteiger charge is -2.15. The summed E-state index contributed by atoms with van der Waals surface area (Å²) in [6.45, 7) is 3.82. The lowest BCUT2D eigenvalue weighted by molar-refractivity contribution is 0.230. The molecular formula is C12H15ClN6O2. The van der Waals surface area contributed by atoms with E-state index in [9.17, 15) is 0 Å². The molecule has 0 fully saturated rings. The molecule has 2 N–H and O–H groups in total. The second-order valence-electron chi connectivity index (χ2n) is 4.37. The number of ether oxygens (including phenoxy) is 2. The Bertz CT molecular complexity index is 655. The summed E-state index contributed by atoms with van der Waals surface area (Å²) in [6, 6.07) is 3.44. The Hall–Kier alpha value is -2.35. The number of nitrogens with zero attached hydrogens (tertiary/aromatic N) is 5. The molecule has 0 atom stereocenters. The first-order valence-electron chi connectivity index (χ1n) is 6.13. The van der Waals surface area contributed by atoms with Crippen molar-refractivity contribution in [3.8, 4) is 11.5 Å². The molecule has 1 aromatic carbocycles. The minimum atomic E-state index is -0.0167. The van der Waals surface area contributed by atoms with E-state index < -0.39 is 0 Å². The van der Waals surface area contributed by atoms with Gasteiger partial charge in [-0.3, -0.25) is 0 Å². The Labute approximate surface area is 126 Å². The van der Waals surface area contributed by atoms with Gasteiger partial charge in [0.25, 0.3) is 5.95 Å². The Kier molecular flexibility index (Phi) is 4.59. The zero-order valence-electron chi connectivity index (χ0n) is 11.8. The maximum atomic E-state index is 6.21. The highest BCUT2D eigenvalue weighted by Gasteiger charge is 2.13. The normalized spacial score (nSPS) is 11.3. The number of halogens is 1. The minimum absolute atomic E-state index is 0.0167. The van der Waals surface area contributed by atoms with Gasteiger partial charge in [0.1, 0.15) is 0 Å². The van der Waals surface area contributed by atoms with E-state index in [2.05, 4.69) is 20.6 Å². The number of nitrogen functional groups attached to an aromatic ring is 1. The standard InChI is InChI=1S/C12H15ClN6O2/c1-7(2)21-11-9(13)4-8(5-10(11)20-3)6-15-19-12(14)16-17-18-19/h4-7H,1-3H3,(H2,14,16,18)/b15-6-. The number of benzene rings is 1. The Balaban J connectivity index is 2.32. The highest BCUT2D eigenvalue weighted by atomic mass is 35.5. The first-order valence-corrected chi connectivity index (χ1v) is 6.51. The third-order valence-electron chi connectivity index (χ3n) is 2.40. The molecular weight excluding hydrogens is 296 g/mol. The van der Waals surface area contributed by atoms with Crippen LogP contribution in [0, 0.1) is 0 Å². The largest absolute Gasteiger partial charge is 0.493 e. The SMILES string of the molecule is COc1cc(/C=N\n2nnnc2N)cc(Cl)c1OC(C)C. The van der Waals surface area contributed by atoms with Crippen LogP contribution in [-0.2, 0) is 0 Å². The number of hydrogen-bond acceptors (Lipinski definition) is 7. The van der Waals surface area contributed by atoms with Crippen LogP contribution in [0.4, 0.5) is 5.95 Å². The van der Waals surface area contributed by atoms with Crippen molar-refractivity contribution < 1.29 is 9.47 Å². The number of rotatable bonds is 5. The van der Waals surface area contributed by atoms with Gasteiger partial charge in [-0.25, -0.2) is 0 Å². The monoisotopic (exact) mass is 310 g/mol. The molecule has 0 bridgehead atoms. The first-order chi connectivity index (χ1) is 10.0. The van der Waals surface area contributed by atoms with Crippen molar-refractivity contribution in [3.05, 3.63) is 22.7 Å². The van der Waals surface area contributed by atoms with Crippen LogP contribution in [0.25, 0.3) is 0 Å². The average molecular weight is 311 g/mol. The van der Waals surface area contributed by atoms with E-state index in [1.165, 1.54) is 6.21 Å². The molecule has 0 unspecified atom stereocenters. The number of hydrogen-bond donors (Lipinski definition) is 1. The molecule has 0 saturated carbocycles. The zero-order valence-corrected chi connectivity index (χ0v) is 12.6. The molecule has 2 rings (SSSR count). The average Bonchev–Trinajstić information content (AvgIpc) is 2.84. The number of tetrazole rings is 1. The molecule has 1 aromatic heterocycles. The van der Waals surface area contributed by atoms with Crippen LogP contribution in [0.3, 0.4) is 0 Å². The Morgan fingerprint density at radius 1 is 1.43 bits per heavy atom. The summed E-state index contributed by atoms with van der Waals surface area (Å²) in [7, 11) is 1.54. The van der Waals surface area contributed by atoms with E-state index >= 15 is 0 Å². The molecule has 9 heteroatoms. The van der Waals surface area contributed by atoms with Gasteiger partial charge in [0, 0.05) is 5.56 Å². The summed E-state index contributed by atoms with van der Waals surface area (Å²) >= 11 is 6.21. The van der Waals surface area contributed by atoms with Crippen LogP contribution in [-0.4, -0.2) is 39.7 Å². The van der Waals surface area contributed by atoms with Crippen molar-refractivity contribution in [2.75, 3.05) is 12.8 Å². The zero-order chi connectivity index (χ0) is 15.4. The van der Waals surface area contributed by atoms with Gasteiger partial charge in [0.2, 0.25) is 0 Å². The smallest absolute Gasteiger partial charge is 0.263 e. The quantitative estimate of drug-likeness (QED) is 0.842. The van der Waals surface area contributed by atoms with E-state index in [0.717, 1.165) is 4.79 Å². The third kappa shape index (κ3) is 3.60. The van der Waals surface area contributed by atoms with Crippen LogP contribution in [0.15, 0.2) is 17.2 Å². The van der Waals surface area contributed by atoms with Gasteiger partial charge in [0.15, 0.2) is 11.5 Å². The van der Waals surface area contributed by atoms with Crippen molar-refractivity contribution >= 4 is 23.8 Å². The number of aromatic nitrogens is 4. The van der Waals surface area contributed by atoms with E-state index in [1.54, 1.807) is 19.2 Å². The van der Waals surface area contributed by atoms with Gasteiger partial charge in [-0.1, -0.05) is 21.5 Å². The topological polar surface area (TPSA) is 100 Å². The number of methoxy groups -OCH3 is 1. The molecule has 0 radical (unpaired) electrons. The molecule has 0 aliphatic carbocycles. The van der Waals surface area contributed by atoms with Crippen LogP contribution in [0.1, 0.15) is 19.4 Å². The fourth-order valence-electron chi connectivity index (χ4n) is 1.56. The number of nitrogens with two attached hydrogens (primary N) is 1. The molecule has 2 aromatic rings. The van der Waals surface area contributed by atoms with Gasteiger partial charge >= 0.3 is 0 Å². The molecule has 0 saturated heterocycles. The lowest BCUT2D eigenvalue weighted by Crippen LogP contribution is -2.07. The van der Waals surface area contributed by atoms with Gasteiger partial charge in [-0.05, 0) is 36.4 Å². The molecule has 0 aliphatic heterocycles. The van der Waals surface area contributed by atoms with Crippen molar-refractivity contribution in [1.29, 1.82) is 0 Å². The molecule has 112 valence electrons. The fourth-order valence-corrected chi connectivity index (χ4v) is 1.82. The molecule has 0 amide bonds. The maximum Gasteiger partial charge on any atom is 0.263 e. The molecule has 1 heterocycles. The van der Waals surface area contributed by atoms with Crippen molar-refractivity contribution in [2.24, 2.45) is 5.10 Å². The van der Waals surface area contributed by atoms with Crippen LogP contribution in [0.5, 0.6) is 11.5 Å². The summed E-state index contributed by atoms with van der Waals surface area (Å²) < 4.78 is 10.9. The van der Waals surface area contributed by atoms with Crippen LogP contribution < -0.4 is 15.2 Å². The summed E-state index contributed by atoms with van der Waals surface area (Å²) in [5.74, 6) is 1.10. The van der Waals surface area contributed by atoms with Crippen LogP contribution >= 0.6 is 11.6 Å². The van der Waals surface area contributed by atoms with E-state index in [1.807, 2.05) is 13.8 Å². The summed E-state index contributed by atoms with van der Waals surface area (Å²) in [5.41, 5.74) is 6.21. The van der Waals surface area contributed by atoms with Gasteiger partial charge < -0.3 is 15.2 Å². The fraction of sp³-hybridized carbons (Fsp3) is 0.333. The Morgan fingerprint density at radius 2 is 2.19 bits per heavy atom. The summed E-state index contributed by atoms with van der Waals surface area (Å²) in [6.07, 6.45) is 1.50. The van der Waals surface area contributed by atoms with E-state index in [-0.39, 0.29) is 12.1 Å². The Morgan fingerprint density at radius 3 is 2.76 bits per heavy atom. The highest BCUT2D eigenvalue weighted by molar-refractivity contribution is 6.32.